The molecule has 0 atom stereocenters. The molecule has 1 aliphatic carbocycles. The fourth-order valence-corrected chi connectivity index (χ4v) is 4.47. The molecule has 178 valence electrons. The van der Waals surface area contributed by atoms with E-state index in [1.165, 1.54) is 23.9 Å². The molecule has 0 unspecified atom stereocenters. The van der Waals surface area contributed by atoms with E-state index >= 15 is 0 Å². The van der Waals surface area contributed by atoms with Gasteiger partial charge >= 0.3 is 6.18 Å². The third-order valence-corrected chi connectivity index (χ3v) is 7.23. The molecule has 0 bridgehead atoms. The van der Waals surface area contributed by atoms with E-state index < -0.39 is 22.5 Å². The summed E-state index contributed by atoms with van der Waals surface area (Å²) in [6.45, 7) is 1.57. The van der Waals surface area contributed by atoms with E-state index in [0.29, 0.717) is 5.52 Å². The van der Waals surface area contributed by atoms with Crippen LogP contribution in [0.3, 0.4) is 0 Å². The Hall–Kier alpha value is -2.74. The Labute approximate surface area is 188 Å². The van der Waals surface area contributed by atoms with E-state index in [1.54, 1.807) is 14.0 Å². The average Bonchev–Trinajstić information content (AvgIpc) is 3.57. The van der Waals surface area contributed by atoms with Crippen molar-refractivity contribution < 1.29 is 31.9 Å². The van der Waals surface area contributed by atoms with E-state index in [9.17, 15) is 27.1 Å². The van der Waals surface area contributed by atoms with Crippen molar-refractivity contribution in [3.8, 4) is 11.5 Å². The van der Waals surface area contributed by atoms with E-state index in [0.717, 1.165) is 30.2 Å². The summed E-state index contributed by atoms with van der Waals surface area (Å²) in [7, 11) is -0.476. The van der Waals surface area contributed by atoms with Crippen LogP contribution >= 0.6 is 10.6 Å². The van der Waals surface area contributed by atoms with Crippen LogP contribution in [-0.4, -0.2) is 47.4 Å². The highest BCUT2D eigenvalue weighted by Gasteiger charge is 2.36. The highest BCUT2D eigenvalue weighted by Crippen LogP contribution is 2.52. The van der Waals surface area contributed by atoms with Crippen molar-refractivity contribution in [2.24, 2.45) is 13.0 Å². The fourth-order valence-electron chi connectivity index (χ4n) is 3.39. The van der Waals surface area contributed by atoms with E-state index in [4.69, 9.17) is 4.84 Å². The number of anilines is 1. The minimum Gasteiger partial charge on any atom is -0.324 e. The number of nitrogens with zero attached hydrogens (tertiary/aromatic N) is 5. The second-order valence-electron chi connectivity index (χ2n) is 7.64. The second kappa shape index (κ2) is 8.24. The van der Waals surface area contributed by atoms with E-state index in [1.807, 2.05) is 0 Å². The number of rotatable bonds is 6. The Bertz CT molecular complexity index is 1230. The number of imidazole rings is 1. The standard InChI is InChI=1S/C20H22F3N5O4S/c1-4-33(30,31)15-7-12(28(32-3)19(29)11-5-6-11)9-25-17(15)18-26-13-8-16(20(21,22)23)24-10-14(13)27(18)2/h7-11,30-31H,4-6H2,1-3H3. The van der Waals surface area contributed by atoms with Crippen LogP contribution in [0.1, 0.15) is 25.5 Å². The number of alkyl halides is 3. The Morgan fingerprint density at radius 1 is 1.27 bits per heavy atom. The zero-order chi connectivity index (χ0) is 24.1. The van der Waals surface area contributed by atoms with Gasteiger partial charge in [-0.3, -0.25) is 18.7 Å². The molecule has 9 nitrogen and oxygen atoms in total. The van der Waals surface area contributed by atoms with Crippen LogP contribution in [0.4, 0.5) is 18.9 Å². The maximum Gasteiger partial charge on any atom is 0.433 e. The van der Waals surface area contributed by atoms with Crippen molar-refractivity contribution >= 4 is 33.2 Å². The van der Waals surface area contributed by atoms with Crippen LogP contribution < -0.4 is 5.06 Å². The lowest BCUT2D eigenvalue weighted by Gasteiger charge is -2.33. The minimum atomic E-state index is -4.63. The predicted molar refractivity (Wildman–Crippen MR) is 116 cm³/mol. The number of aryl methyl sites for hydroxylation is 1. The molecule has 1 saturated carbocycles. The summed E-state index contributed by atoms with van der Waals surface area (Å²) in [4.78, 5) is 29.8. The third kappa shape index (κ3) is 4.28. The van der Waals surface area contributed by atoms with Crippen molar-refractivity contribution in [2.45, 2.75) is 30.8 Å². The van der Waals surface area contributed by atoms with Gasteiger partial charge in [0.1, 0.15) is 11.4 Å². The molecule has 3 aromatic heterocycles. The van der Waals surface area contributed by atoms with Gasteiger partial charge in [-0.15, -0.1) is 0 Å². The molecule has 4 rings (SSSR count). The van der Waals surface area contributed by atoms with Crippen molar-refractivity contribution in [1.29, 1.82) is 0 Å². The van der Waals surface area contributed by atoms with Gasteiger partial charge in [0.25, 0.3) is 5.91 Å². The quantitative estimate of drug-likeness (QED) is 0.495. The summed E-state index contributed by atoms with van der Waals surface area (Å²) in [5.74, 6) is -0.342. The molecule has 0 aliphatic heterocycles. The van der Waals surface area contributed by atoms with Crippen molar-refractivity contribution in [3.63, 3.8) is 0 Å². The van der Waals surface area contributed by atoms with Crippen LogP contribution in [0.25, 0.3) is 22.6 Å². The number of fused-ring (bicyclic) bond motifs is 1. The number of halogens is 3. The van der Waals surface area contributed by atoms with Crippen molar-refractivity contribution in [3.05, 3.63) is 30.2 Å². The Morgan fingerprint density at radius 3 is 2.55 bits per heavy atom. The van der Waals surface area contributed by atoms with E-state index in [-0.39, 0.29) is 45.2 Å². The number of hydrogen-bond acceptors (Lipinski definition) is 7. The smallest absolute Gasteiger partial charge is 0.324 e. The van der Waals surface area contributed by atoms with Gasteiger partial charge in [0.2, 0.25) is 0 Å². The van der Waals surface area contributed by atoms with Crippen LogP contribution in [0.15, 0.2) is 29.4 Å². The first-order valence-corrected chi connectivity index (χ1v) is 11.7. The van der Waals surface area contributed by atoms with Crippen molar-refractivity contribution in [2.75, 3.05) is 17.9 Å². The van der Waals surface area contributed by atoms with Gasteiger partial charge in [0, 0.05) is 18.7 Å². The molecule has 0 aromatic carbocycles. The first-order chi connectivity index (χ1) is 15.5. The van der Waals surface area contributed by atoms with E-state index in [2.05, 4.69) is 15.0 Å². The highest BCUT2D eigenvalue weighted by molar-refractivity contribution is 8.24. The van der Waals surface area contributed by atoms with Crippen LogP contribution in [0, 0.1) is 5.92 Å². The Kier molecular flexibility index (Phi) is 5.85. The lowest BCUT2D eigenvalue weighted by Crippen LogP contribution is -2.31. The van der Waals surface area contributed by atoms with Crippen molar-refractivity contribution in [1.82, 2.24) is 19.5 Å². The molecule has 2 N–H and O–H groups in total. The first-order valence-electron chi connectivity index (χ1n) is 10.0. The molecule has 3 aromatic rings. The topological polar surface area (TPSA) is 114 Å². The average molecular weight is 485 g/mol. The number of amides is 1. The molecule has 1 fully saturated rings. The molecule has 13 heteroatoms. The molecule has 0 spiro atoms. The molecule has 33 heavy (non-hydrogen) atoms. The SMILES string of the molecule is CCS(O)(O)c1cc(N(OC)C(=O)C2CC2)cnc1-c1nc2cc(C(F)(F)F)ncc2n1C. The lowest BCUT2D eigenvalue weighted by atomic mass is 10.3. The number of aromatic nitrogens is 4. The van der Waals surface area contributed by atoms with Gasteiger partial charge in [-0.05, 0) is 31.9 Å². The zero-order valence-electron chi connectivity index (χ0n) is 18.0. The van der Waals surface area contributed by atoms with Gasteiger partial charge < -0.3 is 4.57 Å². The zero-order valence-corrected chi connectivity index (χ0v) is 18.8. The van der Waals surface area contributed by atoms with Crippen LogP contribution in [0.5, 0.6) is 0 Å². The Morgan fingerprint density at radius 2 is 1.97 bits per heavy atom. The number of carbonyl (C=O) groups excluding carboxylic acids is 1. The summed E-state index contributed by atoms with van der Waals surface area (Å²) < 4.78 is 62.2. The second-order valence-corrected chi connectivity index (χ2v) is 9.99. The van der Waals surface area contributed by atoms with Gasteiger partial charge in [-0.1, -0.05) is 0 Å². The van der Waals surface area contributed by atoms with Crippen LogP contribution in [0.2, 0.25) is 0 Å². The predicted octanol–water partition coefficient (Wildman–Crippen LogP) is 4.48. The maximum atomic E-state index is 13.1. The summed E-state index contributed by atoms with van der Waals surface area (Å²) >= 11 is 0. The van der Waals surface area contributed by atoms with Gasteiger partial charge in [0.15, 0.2) is 5.82 Å². The summed E-state index contributed by atoms with van der Waals surface area (Å²) in [6, 6.07) is 2.22. The minimum absolute atomic E-state index is 0.00978. The normalized spacial score (nSPS) is 15.2. The molecular formula is C20H22F3N5O4S. The number of pyridine rings is 2. The largest absolute Gasteiger partial charge is 0.433 e. The molecule has 0 saturated heterocycles. The van der Waals surface area contributed by atoms with Gasteiger partial charge in [-0.25, -0.2) is 15.0 Å². The number of hydrogen-bond donors (Lipinski definition) is 2. The molecule has 1 amide bonds. The van der Waals surface area contributed by atoms with Gasteiger partial charge in [0.05, 0.1) is 41.1 Å². The maximum absolute atomic E-state index is 13.1. The monoisotopic (exact) mass is 485 g/mol. The number of carbonyl (C=O) groups is 1. The third-order valence-electron chi connectivity index (χ3n) is 5.41. The van der Waals surface area contributed by atoms with Crippen LogP contribution in [-0.2, 0) is 22.9 Å². The fraction of sp³-hybridized carbons (Fsp3) is 0.400. The number of hydroxylamine groups is 1. The molecule has 3 heterocycles. The van der Waals surface area contributed by atoms with Gasteiger partial charge in [-0.2, -0.15) is 28.8 Å². The first kappa shape index (κ1) is 23.4. The molecule has 0 radical (unpaired) electrons. The summed E-state index contributed by atoms with van der Waals surface area (Å²) in [5, 5.41) is 1.05. The molecular weight excluding hydrogens is 463 g/mol. The Balaban J connectivity index is 1.87. The summed E-state index contributed by atoms with van der Waals surface area (Å²) in [6.07, 6.45) is -0.760. The molecule has 1 aliphatic rings. The summed E-state index contributed by atoms with van der Waals surface area (Å²) in [5.41, 5.74) is -0.466. The lowest BCUT2D eigenvalue weighted by molar-refractivity contribution is -0.141. The highest BCUT2D eigenvalue weighted by atomic mass is 32.3.